The molecule has 1 amide bonds. The van der Waals surface area contributed by atoms with E-state index in [9.17, 15) is 10.1 Å². The molecule has 0 aliphatic heterocycles. The van der Waals surface area contributed by atoms with Crippen molar-refractivity contribution < 1.29 is 4.79 Å². The summed E-state index contributed by atoms with van der Waals surface area (Å²) in [6.07, 6.45) is 3.50. The van der Waals surface area contributed by atoms with Gasteiger partial charge in [0.25, 0.3) is 0 Å². The first-order valence-electron chi connectivity index (χ1n) is 9.62. The molecule has 4 nitrogen and oxygen atoms in total. The molecule has 1 aromatic carbocycles. The molecule has 1 aliphatic carbocycles. The third kappa shape index (κ3) is 4.77. The predicted octanol–water partition coefficient (Wildman–Crippen LogP) is 4.50. The zero-order valence-electron chi connectivity index (χ0n) is 16.0. The van der Waals surface area contributed by atoms with Gasteiger partial charge >= 0.3 is 0 Å². The molecule has 1 atom stereocenters. The standard InChI is InChI=1S/C22H27N3OS/c1-16(2)17-7-9-18(10-8-17)21(19-6-5-13-27-19)24-14-20(26)25-22(15-23)11-3-4-12-22/h5-10,13,16,21,24H,3-4,11-12,14H2,1-2H3,(H,25,26). The average Bonchev–Trinajstić information content (AvgIpc) is 3.35. The van der Waals surface area contributed by atoms with E-state index in [1.807, 2.05) is 6.07 Å². The maximum absolute atomic E-state index is 12.5. The van der Waals surface area contributed by atoms with Gasteiger partial charge in [0.05, 0.1) is 18.7 Å². The van der Waals surface area contributed by atoms with E-state index in [1.54, 1.807) is 11.3 Å². The molecule has 142 valence electrons. The van der Waals surface area contributed by atoms with Crippen LogP contribution in [0.25, 0.3) is 0 Å². The zero-order valence-corrected chi connectivity index (χ0v) is 16.8. The highest BCUT2D eigenvalue weighted by Crippen LogP contribution is 2.29. The third-order valence-electron chi connectivity index (χ3n) is 5.28. The first kappa shape index (κ1) is 19.6. The van der Waals surface area contributed by atoms with Crippen molar-refractivity contribution in [3.05, 3.63) is 57.8 Å². The van der Waals surface area contributed by atoms with Crippen LogP contribution in [-0.4, -0.2) is 18.0 Å². The second kappa shape index (κ2) is 8.69. The van der Waals surface area contributed by atoms with Crippen LogP contribution in [-0.2, 0) is 4.79 Å². The summed E-state index contributed by atoms with van der Waals surface area (Å²) < 4.78 is 0. The zero-order chi connectivity index (χ0) is 19.3. The predicted molar refractivity (Wildman–Crippen MR) is 110 cm³/mol. The SMILES string of the molecule is CC(C)c1ccc(C(NCC(=O)NC2(C#N)CCCC2)c2cccs2)cc1. The summed E-state index contributed by atoms with van der Waals surface area (Å²) >= 11 is 1.68. The molecule has 1 saturated carbocycles. The van der Waals surface area contributed by atoms with E-state index in [4.69, 9.17) is 0 Å². The van der Waals surface area contributed by atoms with Crippen molar-refractivity contribution in [1.29, 1.82) is 5.26 Å². The Balaban J connectivity index is 1.69. The van der Waals surface area contributed by atoms with Gasteiger partial charge in [-0.05, 0) is 54.2 Å². The Labute approximate surface area is 165 Å². The Morgan fingerprint density at radius 3 is 2.41 bits per heavy atom. The van der Waals surface area contributed by atoms with Crippen LogP contribution in [0.5, 0.6) is 0 Å². The number of nitrogens with one attached hydrogen (secondary N) is 2. The number of nitrogens with zero attached hydrogens (tertiary/aromatic N) is 1. The van der Waals surface area contributed by atoms with Crippen molar-refractivity contribution in [3.8, 4) is 6.07 Å². The number of rotatable bonds is 7. The average molecular weight is 382 g/mol. The molecule has 5 heteroatoms. The second-order valence-corrected chi connectivity index (χ2v) is 8.58. The highest BCUT2D eigenvalue weighted by atomic mass is 32.1. The smallest absolute Gasteiger partial charge is 0.235 e. The van der Waals surface area contributed by atoms with Gasteiger partial charge in [-0.3, -0.25) is 10.1 Å². The summed E-state index contributed by atoms with van der Waals surface area (Å²) in [7, 11) is 0. The van der Waals surface area contributed by atoms with E-state index < -0.39 is 5.54 Å². The van der Waals surface area contributed by atoms with Crippen molar-refractivity contribution in [3.63, 3.8) is 0 Å². The lowest BCUT2D eigenvalue weighted by molar-refractivity contribution is -0.121. The summed E-state index contributed by atoms with van der Waals surface area (Å²) in [6, 6.07) is 15.0. The Bertz CT molecular complexity index is 784. The van der Waals surface area contributed by atoms with Crippen molar-refractivity contribution >= 4 is 17.2 Å². The molecular formula is C22H27N3OS. The van der Waals surface area contributed by atoms with Crippen molar-refractivity contribution in [2.45, 2.75) is 57.0 Å². The first-order valence-corrected chi connectivity index (χ1v) is 10.5. The Kier molecular flexibility index (Phi) is 6.30. The van der Waals surface area contributed by atoms with E-state index in [0.717, 1.165) is 31.2 Å². The van der Waals surface area contributed by atoms with E-state index in [-0.39, 0.29) is 18.5 Å². The second-order valence-electron chi connectivity index (χ2n) is 7.60. The van der Waals surface area contributed by atoms with Crippen LogP contribution in [0.3, 0.4) is 0 Å². The Morgan fingerprint density at radius 2 is 1.85 bits per heavy atom. The van der Waals surface area contributed by atoms with Crippen LogP contribution in [0.2, 0.25) is 0 Å². The van der Waals surface area contributed by atoms with E-state index >= 15 is 0 Å². The minimum Gasteiger partial charge on any atom is -0.337 e. The van der Waals surface area contributed by atoms with E-state index in [2.05, 4.69) is 66.3 Å². The normalized spacial score (nSPS) is 16.8. The first-order chi connectivity index (χ1) is 13.0. The molecule has 2 N–H and O–H groups in total. The maximum Gasteiger partial charge on any atom is 0.235 e. The maximum atomic E-state index is 12.5. The number of amides is 1. The number of carbonyl (C=O) groups is 1. The number of carbonyl (C=O) groups excluding carboxylic acids is 1. The number of benzene rings is 1. The molecule has 1 unspecified atom stereocenters. The van der Waals surface area contributed by atoms with Gasteiger partial charge in [0.2, 0.25) is 5.91 Å². The van der Waals surface area contributed by atoms with Crippen LogP contribution >= 0.6 is 11.3 Å². The minimum absolute atomic E-state index is 0.0291. The quantitative estimate of drug-likeness (QED) is 0.742. The molecule has 0 bridgehead atoms. The van der Waals surface area contributed by atoms with Crippen LogP contribution in [0.1, 0.15) is 67.5 Å². The van der Waals surface area contributed by atoms with Crippen LogP contribution in [0, 0.1) is 11.3 Å². The van der Waals surface area contributed by atoms with Gasteiger partial charge in [-0.25, -0.2) is 0 Å². The lowest BCUT2D eigenvalue weighted by Gasteiger charge is -2.24. The molecule has 3 rings (SSSR count). The number of thiophene rings is 1. The molecule has 2 aromatic rings. The molecule has 1 heterocycles. The lowest BCUT2D eigenvalue weighted by atomic mass is 9.98. The van der Waals surface area contributed by atoms with Gasteiger partial charge in [-0.15, -0.1) is 11.3 Å². The highest BCUT2D eigenvalue weighted by molar-refractivity contribution is 7.10. The molecular weight excluding hydrogens is 354 g/mol. The van der Waals surface area contributed by atoms with Gasteiger partial charge in [-0.1, -0.05) is 44.2 Å². The molecule has 0 radical (unpaired) electrons. The Hall–Kier alpha value is -2.16. The lowest BCUT2D eigenvalue weighted by Crippen LogP contribution is -2.48. The molecule has 0 saturated heterocycles. The fraction of sp³-hybridized carbons (Fsp3) is 0.455. The van der Waals surface area contributed by atoms with Gasteiger partial charge in [0, 0.05) is 4.88 Å². The van der Waals surface area contributed by atoms with Gasteiger partial charge in [0.15, 0.2) is 0 Å². The van der Waals surface area contributed by atoms with E-state index in [0.29, 0.717) is 5.92 Å². The largest absolute Gasteiger partial charge is 0.337 e. The van der Waals surface area contributed by atoms with Crippen LogP contribution in [0.4, 0.5) is 0 Å². The van der Waals surface area contributed by atoms with Gasteiger partial charge < -0.3 is 5.32 Å². The monoisotopic (exact) mass is 381 g/mol. The topological polar surface area (TPSA) is 64.9 Å². The molecule has 27 heavy (non-hydrogen) atoms. The minimum atomic E-state index is -0.671. The van der Waals surface area contributed by atoms with Crippen molar-refractivity contribution in [1.82, 2.24) is 10.6 Å². The summed E-state index contributed by atoms with van der Waals surface area (Å²) in [4.78, 5) is 13.7. The van der Waals surface area contributed by atoms with Gasteiger partial charge in [-0.2, -0.15) is 5.26 Å². The van der Waals surface area contributed by atoms with Crippen molar-refractivity contribution in [2.24, 2.45) is 0 Å². The molecule has 1 aliphatic rings. The fourth-order valence-corrected chi connectivity index (χ4v) is 4.49. The number of hydrogen-bond donors (Lipinski definition) is 2. The highest BCUT2D eigenvalue weighted by Gasteiger charge is 2.35. The number of hydrogen-bond acceptors (Lipinski definition) is 4. The van der Waals surface area contributed by atoms with Crippen LogP contribution < -0.4 is 10.6 Å². The van der Waals surface area contributed by atoms with Gasteiger partial charge in [0.1, 0.15) is 5.54 Å². The van der Waals surface area contributed by atoms with E-state index in [1.165, 1.54) is 10.4 Å². The molecule has 0 spiro atoms. The third-order valence-corrected chi connectivity index (χ3v) is 6.22. The molecule has 1 aromatic heterocycles. The summed E-state index contributed by atoms with van der Waals surface area (Å²) in [5, 5.41) is 17.9. The summed E-state index contributed by atoms with van der Waals surface area (Å²) in [6.45, 7) is 4.56. The number of nitriles is 1. The summed E-state index contributed by atoms with van der Waals surface area (Å²) in [5.41, 5.74) is 1.78. The Morgan fingerprint density at radius 1 is 1.19 bits per heavy atom. The fourth-order valence-electron chi connectivity index (χ4n) is 3.66. The van der Waals surface area contributed by atoms with Crippen LogP contribution in [0.15, 0.2) is 41.8 Å². The summed E-state index contributed by atoms with van der Waals surface area (Å²) in [5.74, 6) is 0.380. The van der Waals surface area contributed by atoms with Crippen molar-refractivity contribution in [2.75, 3.05) is 6.54 Å². The molecule has 1 fully saturated rings.